The first-order chi connectivity index (χ1) is 10.2. The van der Waals surface area contributed by atoms with Gasteiger partial charge in [-0.25, -0.2) is 0 Å². The van der Waals surface area contributed by atoms with Crippen molar-refractivity contribution in [3.05, 3.63) is 34.3 Å². The zero-order valence-electron chi connectivity index (χ0n) is 13.1. The van der Waals surface area contributed by atoms with Gasteiger partial charge in [-0.05, 0) is 41.9 Å². The van der Waals surface area contributed by atoms with Crippen LogP contribution in [0.25, 0.3) is 0 Å². The van der Waals surface area contributed by atoms with E-state index >= 15 is 0 Å². The Hall–Kier alpha value is -0.570. The standard InChI is InChI=1S/C18H27ClN2/c1-14-2-5-16(6-3-14)17-7-4-15(12-18(17)19)13-21-10-8-20-9-11-21/h4,7,12,14,16,20H,2-3,5-6,8-11,13H2,1H3. The molecule has 0 aromatic heterocycles. The van der Waals surface area contributed by atoms with Crippen molar-refractivity contribution >= 4 is 11.6 Å². The summed E-state index contributed by atoms with van der Waals surface area (Å²) in [6.07, 6.45) is 5.31. The highest BCUT2D eigenvalue weighted by atomic mass is 35.5. The molecule has 0 bridgehead atoms. The fourth-order valence-corrected chi connectivity index (χ4v) is 4.06. The second-order valence-corrected chi connectivity index (χ2v) is 7.25. The average molecular weight is 307 g/mol. The van der Waals surface area contributed by atoms with Gasteiger partial charge in [-0.1, -0.05) is 43.5 Å². The molecule has 0 atom stereocenters. The van der Waals surface area contributed by atoms with E-state index in [1.165, 1.54) is 36.8 Å². The first kappa shape index (κ1) is 15.3. The minimum Gasteiger partial charge on any atom is -0.314 e. The van der Waals surface area contributed by atoms with Gasteiger partial charge < -0.3 is 5.32 Å². The van der Waals surface area contributed by atoms with Crippen molar-refractivity contribution in [2.24, 2.45) is 5.92 Å². The summed E-state index contributed by atoms with van der Waals surface area (Å²) in [7, 11) is 0. The van der Waals surface area contributed by atoms with Crippen molar-refractivity contribution in [1.82, 2.24) is 10.2 Å². The topological polar surface area (TPSA) is 15.3 Å². The van der Waals surface area contributed by atoms with Gasteiger partial charge in [-0.2, -0.15) is 0 Å². The predicted octanol–water partition coefficient (Wildman–Crippen LogP) is 4.04. The number of halogens is 1. The summed E-state index contributed by atoms with van der Waals surface area (Å²) in [5.74, 6) is 1.58. The van der Waals surface area contributed by atoms with E-state index in [-0.39, 0.29) is 0 Å². The minimum absolute atomic E-state index is 0.682. The number of hydrogen-bond acceptors (Lipinski definition) is 2. The van der Waals surface area contributed by atoms with Crippen LogP contribution in [0.3, 0.4) is 0 Å². The lowest BCUT2D eigenvalue weighted by atomic mass is 9.79. The molecule has 1 N–H and O–H groups in total. The van der Waals surface area contributed by atoms with E-state index < -0.39 is 0 Å². The maximum absolute atomic E-state index is 6.59. The van der Waals surface area contributed by atoms with Gasteiger partial charge in [-0.3, -0.25) is 4.90 Å². The Morgan fingerprint density at radius 2 is 1.86 bits per heavy atom. The molecule has 3 heteroatoms. The summed E-state index contributed by atoms with van der Waals surface area (Å²) in [5.41, 5.74) is 2.74. The Bertz CT molecular complexity index is 460. The Morgan fingerprint density at radius 3 is 2.52 bits per heavy atom. The summed E-state index contributed by atoms with van der Waals surface area (Å²) in [5, 5.41) is 4.39. The minimum atomic E-state index is 0.682. The second kappa shape index (κ2) is 7.13. The van der Waals surface area contributed by atoms with Gasteiger partial charge in [-0.15, -0.1) is 0 Å². The summed E-state index contributed by atoms with van der Waals surface area (Å²) in [6, 6.07) is 6.79. The molecule has 1 aliphatic heterocycles. The molecule has 0 spiro atoms. The third-order valence-electron chi connectivity index (χ3n) is 5.14. The molecule has 1 aliphatic carbocycles. The Balaban J connectivity index is 1.64. The largest absolute Gasteiger partial charge is 0.314 e. The molecular weight excluding hydrogens is 280 g/mol. The Labute approximate surface area is 133 Å². The van der Waals surface area contributed by atoms with Crippen molar-refractivity contribution in [3.8, 4) is 0 Å². The molecule has 1 saturated heterocycles. The van der Waals surface area contributed by atoms with Gasteiger partial charge >= 0.3 is 0 Å². The van der Waals surface area contributed by atoms with Crippen LogP contribution in [0.1, 0.15) is 49.7 Å². The molecule has 1 aromatic rings. The summed E-state index contributed by atoms with van der Waals surface area (Å²) < 4.78 is 0. The van der Waals surface area contributed by atoms with Crippen LogP contribution in [0.2, 0.25) is 5.02 Å². The van der Waals surface area contributed by atoms with E-state index in [1.807, 2.05) is 0 Å². The monoisotopic (exact) mass is 306 g/mol. The molecular formula is C18H27ClN2. The fourth-order valence-electron chi connectivity index (χ4n) is 3.70. The maximum Gasteiger partial charge on any atom is 0.0444 e. The molecule has 1 heterocycles. The number of rotatable bonds is 3. The van der Waals surface area contributed by atoms with Crippen LogP contribution in [0.15, 0.2) is 18.2 Å². The molecule has 0 unspecified atom stereocenters. The molecule has 0 amide bonds. The van der Waals surface area contributed by atoms with Gasteiger partial charge in [0.05, 0.1) is 0 Å². The highest BCUT2D eigenvalue weighted by Crippen LogP contribution is 2.38. The van der Waals surface area contributed by atoms with E-state index in [2.05, 4.69) is 35.3 Å². The summed E-state index contributed by atoms with van der Waals surface area (Å²) in [6.45, 7) is 7.88. The van der Waals surface area contributed by atoms with Crippen molar-refractivity contribution in [2.75, 3.05) is 26.2 Å². The molecule has 2 nitrogen and oxygen atoms in total. The van der Waals surface area contributed by atoms with Crippen LogP contribution in [0.5, 0.6) is 0 Å². The van der Waals surface area contributed by atoms with Crippen LogP contribution in [0, 0.1) is 5.92 Å². The van der Waals surface area contributed by atoms with Gasteiger partial charge in [0.2, 0.25) is 0 Å². The van der Waals surface area contributed by atoms with Gasteiger partial charge in [0.15, 0.2) is 0 Å². The lowest BCUT2D eigenvalue weighted by Crippen LogP contribution is -2.42. The van der Waals surface area contributed by atoms with Crippen LogP contribution >= 0.6 is 11.6 Å². The maximum atomic E-state index is 6.59. The van der Waals surface area contributed by atoms with Crippen LogP contribution in [-0.2, 0) is 6.54 Å². The number of nitrogens with one attached hydrogen (secondary N) is 1. The van der Waals surface area contributed by atoms with E-state index in [1.54, 1.807) is 0 Å². The molecule has 2 aliphatic rings. The van der Waals surface area contributed by atoms with Gasteiger partial charge in [0.1, 0.15) is 0 Å². The van der Waals surface area contributed by atoms with E-state index in [9.17, 15) is 0 Å². The zero-order valence-corrected chi connectivity index (χ0v) is 13.8. The summed E-state index contributed by atoms with van der Waals surface area (Å²) in [4.78, 5) is 2.50. The SMILES string of the molecule is CC1CCC(c2ccc(CN3CCNCC3)cc2Cl)CC1. The summed E-state index contributed by atoms with van der Waals surface area (Å²) >= 11 is 6.59. The number of hydrogen-bond donors (Lipinski definition) is 1. The smallest absolute Gasteiger partial charge is 0.0444 e. The molecule has 0 radical (unpaired) electrons. The van der Waals surface area contributed by atoms with Crippen molar-refractivity contribution in [3.63, 3.8) is 0 Å². The molecule has 1 aromatic carbocycles. The first-order valence-electron chi connectivity index (χ1n) is 8.44. The molecule has 116 valence electrons. The quantitative estimate of drug-likeness (QED) is 0.906. The molecule has 3 rings (SSSR count). The van der Waals surface area contributed by atoms with Gasteiger partial charge in [0.25, 0.3) is 0 Å². The Kier molecular flexibility index (Phi) is 5.20. The first-order valence-corrected chi connectivity index (χ1v) is 8.81. The molecule has 1 saturated carbocycles. The second-order valence-electron chi connectivity index (χ2n) is 6.84. The zero-order chi connectivity index (χ0) is 14.7. The van der Waals surface area contributed by atoms with Crippen LogP contribution < -0.4 is 5.32 Å². The molecule has 2 fully saturated rings. The average Bonchev–Trinajstić information content (AvgIpc) is 2.50. The predicted molar refractivity (Wildman–Crippen MR) is 90.0 cm³/mol. The van der Waals surface area contributed by atoms with Crippen LogP contribution in [0.4, 0.5) is 0 Å². The lowest BCUT2D eigenvalue weighted by Gasteiger charge is -2.29. The van der Waals surface area contributed by atoms with Crippen molar-refractivity contribution in [1.29, 1.82) is 0 Å². The van der Waals surface area contributed by atoms with Crippen molar-refractivity contribution in [2.45, 2.75) is 45.1 Å². The van der Waals surface area contributed by atoms with E-state index in [0.717, 1.165) is 43.7 Å². The Morgan fingerprint density at radius 1 is 1.14 bits per heavy atom. The fraction of sp³-hybridized carbons (Fsp3) is 0.667. The number of piperazine rings is 1. The lowest BCUT2D eigenvalue weighted by molar-refractivity contribution is 0.233. The van der Waals surface area contributed by atoms with E-state index in [4.69, 9.17) is 11.6 Å². The van der Waals surface area contributed by atoms with E-state index in [0.29, 0.717) is 5.92 Å². The highest BCUT2D eigenvalue weighted by Gasteiger charge is 2.21. The third-order valence-corrected chi connectivity index (χ3v) is 5.46. The number of benzene rings is 1. The number of nitrogens with zero attached hydrogens (tertiary/aromatic N) is 1. The normalized spacial score (nSPS) is 27.7. The highest BCUT2D eigenvalue weighted by molar-refractivity contribution is 6.31. The third kappa shape index (κ3) is 4.00. The molecule has 21 heavy (non-hydrogen) atoms. The van der Waals surface area contributed by atoms with Gasteiger partial charge in [0, 0.05) is 37.7 Å². The van der Waals surface area contributed by atoms with Crippen molar-refractivity contribution < 1.29 is 0 Å². The van der Waals surface area contributed by atoms with Crippen LogP contribution in [-0.4, -0.2) is 31.1 Å².